The summed E-state index contributed by atoms with van der Waals surface area (Å²) in [5.41, 5.74) is 8.64. The molecule has 18 heterocycles. The summed E-state index contributed by atoms with van der Waals surface area (Å²) < 4.78 is 98.6. The first-order valence-corrected chi connectivity index (χ1v) is 66.1. The van der Waals surface area contributed by atoms with Gasteiger partial charge in [0.25, 0.3) is 0 Å². The second-order valence-corrected chi connectivity index (χ2v) is 56.0. The van der Waals surface area contributed by atoms with E-state index in [4.69, 9.17) is 166 Å². The van der Waals surface area contributed by atoms with Crippen molar-refractivity contribution in [3.05, 3.63) is 189 Å². The Morgan fingerprint density at radius 1 is 0.421 bits per heavy atom. The number of rotatable bonds is 16. The molecule has 0 bridgehead atoms. The SMILES string of the molecule is C=CC1(c2cc(C3OCCO3)cc(Cl)n2)CCOC1.C[Si](C)(C)CC(O)C1(c2cc(C3OCCO3)cc(Cl)n2)CCOC1.Clc1cc(C2OCCO2)cc(C23CCOCC2O3)n1.Clc1cc(C2OCCO2)cc(C2=CCOCC2)n1.Clc1cc(C2OCCO2)cc(Cl)n1.O=CC1(c2cc(C3OCCO3)cc(Cl)n2)CCOC1.S.S=S.S=S=S.S=S=S=S.S=S=S=S=S.S=S=S=S=S=S. The normalized spacial score (nSPS) is 23.1. The van der Waals surface area contributed by atoms with Crippen molar-refractivity contribution in [3.8, 4) is 0 Å². The second-order valence-electron chi connectivity index (χ2n) is 30.1. The molecule has 6 unspecified atom stereocenters. The van der Waals surface area contributed by atoms with Gasteiger partial charge in [0.05, 0.1) is 170 Å². The summed E-state index contributed by atoms with van der Waals surface area (Å²) in [5, 5.41) is 13.8. The van der Waals surface area contributed by atoms with Gasteiger partial charge >= 0.3 is 0 Å². The van der Waals surface area contributed by atoms with Crippen LogP contribution in [0.25, 0.3) is 5.57 Å². The van der Waals surface area contributed by atoms with Crippen LogP contribution in [0, 0.1) is 0 Å². The van der Waals surface area contributed by atoms with Gasteiger partial charge in [-0.15, -0.1) is 6.58 Å². The lowest BCUT2D eigenvalue weighted by Crippen LogP contribution is -2.45. The minimum absolute atomic E-state index is 0. The molecule has 0 amide bonds. The van der Waals surface area contributed by atoms with E-state index in [1.165, 1.54) is 85.5 Å². The topological polar surface area (TPSA) is 284 Å². The number of aromatic nitrogens is 6. The smallest absolute Gasteiger partial charge is 0.184 e. The molecular formula is C78H93Cl7N6O20S21Si. The number of nitrogens with zero attached hydrogens (tertiary/aromatic N) is 6. The number of halogens is 7. The lowest BCUT2D eigenvalue weighted by atomic mass is 9.78. The Morgan fingerprint density at radius 3 is 1.10 bits per heavy atom. The Hall–Kier alpha value is 0.287. The number of fused-ring (bicyclic) bond motifs is 1. The number of aliphatic hydroxyl groups is 1. The fourth-order valence-corrected chi connectivity index (χ4v) is 25.8. The number of epoxide rings is 1. The van der Waals surface area contributed by atoms with E-state index >= 15 is 0 Å². The first-order chi connectivity index (χ1) is 63.8. The summed E-state index contributed by atoms with van der Waals surface area (Å²) in [7, 11) is 11.4. The molecule has 0 aromatic carbocycles. The molecule has 12 aliphatic heterocycles. The number of hydrogen-bond acceptors (Lipinski definition) is 36. The number of aliphatic hydroxyl groups excluding tert-OH is 1. The van der Waals surface area contributed by atoms with Gasteiger partial charge in [-0.25, -0.2) is 29.9 Å². The largest absolute Gasteiger partial charge is 0.392 e. The monoisotopic (exact) mass is 2380 g/mol. The van der Waals surface area contributed by atoms with Crippen molar-refractivity contribution < 1.29 is 95.2 Å². The zero-order chi connectivity index (χ0) is 95.5. The van der Waals surface area contributed by atoms with Crippen LogP contribution in [0.3, 0.4) is 0 Å². The number of carbonyl (C=O) groups is 1. The summed E-state index contributed by atoms with van der Waals surface area (Å²) in [6.45, 7) is 23.8. The highest BCUT2D eigenvalue weighted by molar-refractivity contribution is 8.64. The molecule has 133 heavy (non-hydrogen) atoms. The van der Waals surface area contributed by atoms with E-state index in [0.717, 1.165) is 110 Å². The highest BCUT2D eigenvalue weighted by Crippen LogP contribution is 2.52. The van der Waals surface area contributed by atoms with Crippen LogP contribution in [0.4, 0.5) is 0 Å². The molecule has 11 saturated heterocycles. The first-order valence-electron chi connectivity index (χ1n) is 39.8. The van der Waals surface area contributed by atoms with Crippen LogP contribution in [0.1, 0.15) is 132 Å². The fraction of sp³-hybridized carbons (Fsp3) is 0.551. The minimum Gasteiger partial charge on any atom is -0.392 e. The average molecular weight is 2380 g/mol. The third kappa shape index (κ3) is 38.6. The number of carbonyl (C=O) groups excluding carboxylic acids is 1. The van der Waals surface area contributed by atoms with Crippen molar-refractivity contribution in [1.29, 1.82) is 0 Å². The second kappa shape index (κ2) is 64.3. The lowest BCUT2D eigenvalue weighted by Gasteiger charge is -2.35. The molecule has 734 valence electrons. The molecule has 6 aromatic heterocycles. The summed E-state index contributed by atoms with van der Waals surface area (Å²) in [4.78, 5) is 37.3. The van der Waals surface area contributed by atoms with Gasteiger partial charge in [0.2, 0.25) is 0 Å². The van der Waals surface area contributed by atoms with E-state index in [0.29, 0.717) is 187 Å². The van der Waals surface area contributed by atoms with Gasteiger partial charge < -0.3 is 95.2 Å². The minimum atomic E-state index is -1.44. The maximum atomic E-state index is 11.4. The van der Waals surface area contributed by atoms with Crippen molar-refractivity contribution in [1.82, 2.24) is 29.9 Å². The van der Waals surface area contributed by atoms with Crippen LogP contribution in [0.2, 0.25) is 61.8 Å². The van der Waals surface area contributed by atoms with Crippen LogP contribution < -0.4 is 0 Å². The van der Waals surface area contributed by atoms with Gasteiger partial charge in [0, 0.05) is 275 Å². The van der Waals surface area contributed by atoms with E-state index in [9.17, 15) is 9.90 Å². The van der Waals surface area contributed by atoms with Crippen molar-refractivity contribution in [2.24, 2.45) is 0 Å². The van der Waals surface area contributed by atoms with Gasteiger partial charge in [-0.05, 0) is 110 Å². The van der Waals surface area contributed by atoms with Crippen LogP contribution in [-0.4, -0.2) is 207 Å². The Kier molecular flexibility index (Phi) is 58.1. The summed E-state index contributed by atoms with van der Waals surface area (Å²) in [6.07, 6.45) is 6.20. The summed E-state index contributed by atoms with van der Waals surface area (Å²) in [6, 6.07) is 22.7. The molecule has 0 saturated carbocycles. The molecular weight excluding hydrogens is 2290 g/mol. The Morgan fingerprint density at radius 2 is 0.759 bits per heavy atom. The predicted octanol–water partition coefficient (Wildman–Crippen LogP) is 14.3. The molecule has 12 aliphatic rings. The zero-order valence-electron chi connectivity index (χ0n) is 71.0. The van der Waals surface area contributed by atoms with Gasteiger partial charge in [-0.2, -0.15) is 13.5 Å². The molecule has 6 aromatic rings. The quantitative estimate of drug-likeness (QED) is 0.0310. The Balaban J connectivity index is 0.000000210. The predicted molar refractivity (Wildman–Crippen MR) is 573 cm³/mol. The standard InChI is InChI=1S/C17H26ClNO4Si.C14H16ClNO3.2C13H14ClNO4.C13H14ClNO3.C8H7Cl2NO2.S6.S5.S4.S3.S2.H2S/c1-24(2,3)10-14(20)17(4-5-21-11-17)13-8-12(9-15(18)19-13)16-22-6-7-23-16;1-2-14(3-4-17-9-14)11-7-10(8-12(15)16-11)13-18-5-6-19-13;14-11-6-8(12-17-3-4-18-12)5-9(15-11)13-1-2-16-7-10(13)19-13;14-11-6-9(12-18-3-4-19-12)5-10(15-11)13(7-16)1-2-17-8-13;14-12-8-10(13-17-5-6-18-13)7-11(15-12)9-1-3-16-4-2-9;9-6-3-5(4-7(10)11-6)8-12-1-2-13-8;1-3-5-6-4-2;1-3-5-4-2;1-3-4-2;1-3-2;1-2;/h8-9,14,16,20H,4-7,10-11H2,1-3H3;2,7-8,13H,1,3-6,9H2;5-6,10,12H,1-4,7H2;5-7,12H,1-4,8H2;1,7-8,13H,2-6H2;3-4,8H,1-2H2;;;;;;1H2. The Bertz CT molecular complexity index is 5090. The molecule has 55 heteroatoms. The number of pyridine rings is 6. The third-order valence-electron chi connectivity index (χ3n) is 20.6. The van der Waals surface area contributed by atoms with Crippen molar-refractivity contribution in [3.63, 3.8) is 0 Å². The number of ether oxygens (including phenoxy) is 18. The molecule has 11 fully saturated rings. The van der Waals surface area contributed by atoms with E-state index in [-0.39, 0.29) is 55.8 Å². The molecule has 6 atom stereocenters. The lowest BCUT2D eigenvalue weighted by molar-refractivity contribution is -0.112. The maximum Gasteiger partial charge on any atom is 0.184 e. The molecule has 0 aliphatic carbocycles. The number of aldehydes is 1. The van der Waals surface area contributed by atoms with Crippen LogP contribution >= 0.6 is 94.7 Å². The van der Waals surface area contributed by atoms with E-state index in [1.807, 2.05) is 42.5 Å². The molecule has 0 radical (unpaired) electrons. The zero-order valence-corrected chi connectivity index (χ0v) is 94.6. The molecule has 26 nitrogen and oxygen atoms in total. The molecule has 0 spiro atoms. The first kappa shape index (κ1) is 120. The van der Waals surface area contributed by atoms with Gasteiger partial charge in [-0.1, -0.05) is 113 Å². The number of hydrogen-bond donors (Lipinski definition) is 1. The summed E-state index contributed by atoms with van der Waals surface area (Å²) in [5.74, 6) is 0. The fourth-order valence-electron chi connectivity index (χ4n) is 14.5. The van der Waals surface area contributed by atoms with Crippen LogP contribution in [0.15, 0.2) is 91.5 Å². The molecule has 18 rings (SSSR count). The average Bonchev–Trinajstić information content (AvgIpc) is 1.56. The van der Waals surface area contributed by atoms with Gasteiger partial charge in [0.15, 0.2) is 37.7 Å². The van der Waals surface area contributed by atoms with Crippen LogP contribution in [0.5, 0.6) is 0 Å². The Labute approximate surface area is 893 Å². The summed E-state index contributed by atoms with van der Waals surface area (Å²) >= 11 is 84.2. The van der Waals surface area contributed by atoms with Crippen molar-refractivity contribution in [2.45, 2.75) is 130 Å². The van der Waals surface area contributed by atoms with E-state index < -0.39 is 37.6 Å². The third-order valence-corrected chi connectivity index (χ3v) is 36.9. The van der Waals surface area contributed by atoms with Crippen LogP contribution in [-0.2, 0) is 313 Å². The van der Waals surface area contributed by atoms with E-state index in [2.05, 4.69) is 168 Å². The highest BCUT2D eigenvalue weighted by atomic mass is 35.5. The highest BCUT2D eigenvalue weighted by Gasteiger charge is 2.61. The maximum absolute atomic E-state index is 11.4. The van der Waals surface area contributed by atoms with Crippen molar-refractivity contribution in [2.75, 3.05) is 145 Å². The molecule has 1 N–H and O–H groups in total. The van der Waals surface area contributed by atoms with E-state index in [1.54, 1.807) is 42.5 Å². The van der Waals surface area contributed by atoms with Gasteiger partial charge in [0.1, 0.15) is 54.1 Å². The van der Waals surface area contributed by atoms with Crippen molar-refractivity contribution >= 4 is 315 Å². The van der Waals surface area contributed by atoms with Gasteiger partial charge in [-0.3, -0.25) is 0 Å².